The van der Waals surface area contributed by atoms with Gasteiger partial charge < -0.3 is 41.0 Å². The zero-order chi connectivity index (χ0) is 29.0. The van der Waals surface area contributed by atoms with Gasteiger partial charge in [-0.15, -0.1) is 0 Å². The molecule has 2 saturated heterocycles. The zero-order valence-electron chi connectivity index (χ0n) is 23.6. The Balaban J connectivity index is 1.57. The van der Waals surface area contributed by atoms with Crippen LogP contribution in [0.25, 0.3) is 0 Å². The number of nitrogens with zero attached hydrogens (tertiary/aromatic N) is 2. The van der Waals surface area contributed by atoms with Crippen molar-refractivity contribution in [3.05, 3.63) is 39.4 Å². The molecular weight excluding hydrogens is 516 g/mol. The summed E-state index contributed by atoms with van der Waals surface area (Å²) in [4.78, 5) is 16.8. The predicted molar refractivity (Wildman–Crippen MR) is 146 cm³/mol. The average molecular weight is 555 g/mol. The fourth-order valence-electron chi connectivity index (χ4n) is 8.03. The number of fused-ring (bicyclic) bond motifs is 6. The lowest BCUT2D eigenvalue weighted by atomic mass is 9.72. The number of aryl methyl sites for hydroxylation is 1. The molecule has 1 unspecified atom stereocenters. The van der Waals surface area contributed by atoms with E-state index in [9.17, 15) is 25.2 Å². The summed E-state index contributed by atoms with van der Waals surface area (Å²) < 4.78 is 11.0. The number of aromatic hydroxyl groups is 3. The van der Waals surface area contributed by atoms with Gasteiger partial charge >= 0.3 is 0 Å². The number of phenols is 3. The molecule has 4 heterocycles. The van der Waals surface area contributed by atoms with Crippen LogP contribution in [0.5, 0.6) is 28.7 Å². The number of nitrogens with two attached hydrogens (primary N) is 1. The summed E-state index contributed by atoms with van der Waals surface area (Å²) in [6, 6.07) is -0.389. The lowest BCUT2D eigenvalue weighted by Gasteiger charge is -2.65. The third kappa shape index (κ3) is 3.23. The molecule has 11 heteroatoms. The van der Waals surface area contributed by atoms with Gasteiger partial charge in [0, 0.05) is 40.4 Å². The quantitative estimate of drug-likeness (QED) is 0.299. The maximum absolute atomic E-state index is 12.6. The van der Waals surface area contributed by atoms with Crippen LogP contribution in [0.4, 0.5) is 0 Å². The van der Waals surface area contributed by atoms with E-state index in [2.05, 4.69) is 23.2 Å². The van der Waals surface area contributed by atoms with Crippen molar-refractivity contribution in [1.29, 1.82) is 0 Å². The molecule has 2 aromatic carbocycles. The molecule has 4 aliphatic rings. The van der Waals surface area contributed by atoms with E-state index in [0.29, 0.717) is 28.9 Å². The van der Waals surface area contributed by atoms with Gasteiger partial charge in [-0.25, -0.2) is 0 Å². The first kappa shape index (κ1) is 26.9. The number of hydrogen-bond donors (Lipinski definition) is 6. The molecule has 7 atom stereocenters. The number of nitrogens with one attached hydrogen (secondary N) is 1. The fraction of sp³-hybridized carbons (Fsp3) is 0.552. The molecule has 40 heavy (non-hydrogen) atoms. The molecule has 2 fully saturated rings. The fourth-order valence-corrected chi connectivity index (χ4v) is 8.03. The van der Waals surface area contributed by atoms with Crippen LogP contribution < -0.4 is 20.5 Å². The van der Waals surface area contributed by atoms with Crippen molar-refractivity contribution in [3.63, 3.8) is 0 Å². The molecule has 4 aliphatic heterocycles. The maximum atomic E-state index is 12.6. The van der Waals surface area contributed by atoms with Crippen molar-refractivity contribution < 1.29 is 34.7 Å². The number of carbonyl (C=O) groups is 1. The van der Waals surface area contributed by atoms with Gasteiger partial charge in [-0.2, -0.15) is 0 Å². The molecule has 11 nitrogen and oxygen atoms in total. The van der Waals surface area contributed by atoms with E-state index in [-0.39, 0.29) is 59.5 Å². The minimum absolute atomic E-state index is 0.000247. The predicted octanol–water partition coefficient (Wildman–Crippen LogP) is 1.55. The van der Waals surface area contributed by atoms with Gasteiger partial charge in [-0.1, -0.05) is 0 Å². The Labute approximate surface area is 233 Å². The van der Waals surface area contributed by atoms with E-state index in [1.54, 1.807) is 13.8 Å². The molecule has 0 bridgehead atoms. The Morgan fingerprint density at radius 2 is 1.77 bits per heavy atom. The van der Waals surface area contributed by atoms with E-state index in [4.69, 9.17) is 15.2 Å². The minimum Gasteiger partial charge on any atom is -0.507 e. The number of amides is 1. The molecule has 0 radical (unpaired) electrons. The van der Waals surface area contributed by atoms with Crippen LogP contribution in [0.3, 0.4) is 0 Å². The smallest absolute Gasteiger partial charge is 0.236 e. The molecule has 7 N–H and O–H groups in total. The number of hydrogen-bond acceptors (Lipinski definition) is 10. The Hall–Kier alpha value is -3.25. The van der Waals surface area contributed by atoms with Gasteiger partial charge in [0.15, 0.2) is 23.0 Å². The van der Waals surface area contributed by atoms with Crippen molar-refractivity contribution in [2.45, 2.75) is 82.5 Å². The summed E-state index contributed by atoms with van der Waals surface area (Å²) in [6.07, 6.45) is 0.00709. The van der Waals surface area contributed by atoms with Crippen LogP contribution in [0.2, 0.25) is 0 Å². The lowest BCUT2D eigenvalue weighted by molar-refractivity contribution is -0.245. The van der Waals surface area contributed by atoms with Crippen LogP contribution in [-0.2, 0) is 16.8 Å². The number of piperazine rings is 1. The van der Waals surface area contributed by atoms with Crippen LogP contribution in [0.15, 0.2) is 6.07 Å². The van der Waals surface area contributed by atoms with Gasteiger partial charge in [0.05, 0.1) is 38.4 Å². The van der Waals surface area contributed by atoms with Crippen LogP contribution in [-0.4, -0.2) is 81.3 Å². The lowest BCUT2D eigenvalue weighted by Crippen LogP contribution is -2.75. The normalized spacial score (nSPS) is 30.9. The number of ether oxygens (including phenoxy) is 2. The Morgan fingerprint density at radius 1 is 1.12 bits per heavy atom. The number of phenolic OH excluding ortho intramolecular Hbond substituents is 3. The Bertz CT molecular complexity index is 1430. The molecule has 0 saturated carbocycles. The number of carbonyl (C=O) groups excluding carboxylic acids is 1. The van der Waals surface area contributed by atoms with Crippen molar-refractivity contribution >= 4 is 5.91 Å². The molecule has 0 spiro atoms. The highest BCUT2D eigenvalue weighted by Crippen LogP contribution is 2.67. The van der Waals surface area contributed by atoms with Crippen molar-refractivity contribution in [1.82, 2.24) is 15.1 Å². The number of methoxy groups -OCH3 is 2. The molecule has 0 aromatic heterocycles. The van der Waals surface area contributed by atoms with Crippen LogP contribution in [0, 0.1) is 13.8 Å². The van der Waals surface area contributed by atoms with E-state index in [1.807, 2.05) is 11.8 Å². The van der Waals surface area contributed by atoms with Crippen molar-refractivity contribution in [2.75, 3.05) is 20.8 Å². The van der Waals surface area contributed by atoms with Gasteiger partial charge in [-0.3, -0.25) is 14.6 Å². The third-order valence-electron chi connectivity index (χ3n) is 9.76. The number of benzene rings is 2. The zero-order valence-corrected chi connectivity index (χ0v) is 23.6. The molecule has 216 valence electrons. The summed E-state index contributed by atoms with van der Waals surface area (Å²) in [7, 11) is 2.95. The summed E-state index contributed by atoms with van der Waals surface area (Å²) in [5.41, 5.74) is 9.35. The monoisotopic (exact) mass is 554 g/mol. The van der Waals surface area contributed by atoms with Gasteiger partial charge in [0.2, 0.25) is 5.91 Å². The standard InChI is InChI=1S/C29H38N4O7/c1-11-7-15-20(24(36)25(11)39-5)21-16-8-14-19(23(35)26(40-6)12(2)22(14)34)18(10-31-27(37)13(3)30)32(16)28(38)17-9-29(15,4)33(17)21/h7,13,16-18,21,28,34-36,38H,8-10,30H2,1-6H3,(H,31,37)/t13-,16?,17-,18-,21-,28-,29+/m0/s1. The molecular formula is C29H38N4O7. The first-order valence-corrected chi connectivity index (χ1v) is 13.7. The van der Waals surface area contributed by atoms with Crippen LogP contribution >= 0.6 is 0 Å². The summed E-state index contributed by atoms with van der Waals surface area (Å²) in [5.74, 6) is 0.133. The topological polar surface area (TPSA) is 161 Å². The summed E-state index contributed by atoms with van der Waals surface area (Å²) >= 11 is 0. The minimum atomic E-state index is -0.937. The summed E-state index contributed by atoms with van der Waals surface area (Å²) in [6.45, 7) is 7.33. The highest BCUT2D eigenvalue weighted by atomic mass is 16.5. The Kier molecular flexibility index (Phi) is 5.98. The third-order valence-corrected chi connectivity index (χ3v) is 9.76. The highest BCUT2D eigenvalue weighted by Gasteiger charge is 2.68. The number of aliphatic hydroxyl groups excluding tert-OH is 1. The second-order valence-corrected chi connectivity index (χ2v) is 11.9. The number of aliphatic hydroxyl groups is 1. The first-order chi connectivity index (χ1) is 18.9. The van der Waals surface area contributed by atoms with Gasteiger partial charge in [0.25, 0.3) is 0 Å². The van der Waals surface area contributed by atoms with Gasteiger partial charge in [0.1, 0.15) is 12.0 Å². The van der Waals surface area contributed by atoms with Crippen molar-refractivity contribution in [2.24, 2.45) is 5.73 Å². The highest BCUT2D eigenvalue weighted by molar-refractivity contribution is 5.81. The second kappa shape index (κ2) is 8.87. The number of rotatable bonds is 5. The largest absolute Gasteiger partial charge is 0.507 e. The van der Waals surface area contributed by atoms with E-state index < -0.39 is 24.4 Å². The first-order valence-electron chi connectivity index (χ1n) is 13.7. The van der Waals surface area contributed by atoms with E-state index in [1.165, 1.54) is 14.2 Å². The average Bonchev–Trinajstić information content (AvgIpc) is 3.10. The maximum Gasteiger partial charge on any atom is 0.236 e. The van der Waals surface area contributed by atoms with E-state index in [0.717, 1.165) is 16.7 Å². The summed E-state index contributed by atoms with van der Waals surface area (Å²) in [5, 5.41) is 49.1. The van der Waals surface area contributed by atoms with Crippen molar-refractivity contribution in [3.8, 4) is 28.7 Å². The Morgan fingerprint density at radius 3 is 2.40 bits per heavy atom. The van der Waals surface area contributed by atoms with Crippen LogP contribution in [0.1, 0.15) is 65.7 Å². The van der Waals surface area contributed by atoms with E-state index >= 15 is 0 Å². The molecule has 1 amide bonds. The van der Waals surface area contributed by atoms with Gasteiger partial charge in [-0.05, 0) is 57.7 Å². The SMILES string of the molecule is COc1c(C)cc2c(c1O)[C@@H]1C3Cc4c(O)c(C)c(OC)c(O)c4[C@H](CNC(=O)[C@H](C)N)N3[C@@H](O)[C@@H]3C[C@@]2(C)N13. The molecule has 0 aliphatic carbocycles. The molecule has 6 rings (SSSR count). The second-order valence-electron chi connectivity index (χ2n) is 11.9. The molecule has 2 aromatic rings.